The zero-order chi connectivity index (χ0) is 22.1. The summed E-state index contributed by atoms with van der Waals surface area (Å²) in [5.74, 6) is -0.376. The summed E-state index contributed by atoms with van der Waals surface area (Å²) in [5, 5.41) is 11.0. The predicted molar refractivity (Wildman–Crippen MR) is 126 cm³/mol. The maximum Gasteiger partial charge on any atom is 0.354 e. The Kier molecular flexibility index (Phi) is 5.13. The lowest BCUT2D eigenvalue weighted by atomic mass is 10.1. The van der Waals surface area contributed by atoms with E-state index in [2.05, 4.69) is 0 Å². The predicted octanol–water partition coefficient (Wildman–Crippen LogP) is 5.47. The Balaban J connectivity index is 1.83. The third-order valence-corrected chi connectivity index (χ3v) is 6.13. The molecule has 5 nitrogen and oxygen atoms in total. The van der Waals surface area contributed by atoms with E-state index in [9.17, 15) is 14.7 Å². The van der Waals surface area contributed by atoms with Crippen molar-refractivity contribution in [2.45, 2.75) is 9.79 Å². The Bertz CT molecular complexity index is 1530. The number of benzene rings is 3. The van der Waals surface area contributed by atoms with E-state index >= 15 is 0 Å². The van der Waals surface area contributed by atoms with Gasteiger partial charge in [-0.25, -0.2) is 4.79 Å². The van der Waals surface area contributed by atoms with Gasteiger partial charge in [-0.3, -0.25) is 9.36 Å². The minimum Gasteiger partial charge on any atom is -0.505 e. The molecule has 0 spiro atoms. The Labute approximate surface area is 187 Å². The highest BCUT2D eigenvalue weighted by atomic mass is 32.2. The third-order valence-electron chi connectivity index (χ3n) is 5.06. The second kappa shape index (κ2) is 8.24. The molecule has 0 unspecified atom stereocenters. The SMILES string of the molecule is O=c1oc2cc(-c3ccccc3)n(-c3ccccc3)c(=O)c2c(O)c1Sc1ccccc1. The molecule has 0 radical (unpaired) electrons. The molecule has 0 atom stereocenters. The molecule has 5 rings (SSSR count). The average Bonchev–Trinajstić information content (AvgIpc) is 2.83. The van der Waals surface area contributed by atoms with Crippen LogP contribution in [0.15, 0.2) is 121 Å². The monoisotopic (exact) mass is 439 g/mol. The second-order valence-corrected chi connectivity index (χ2v) is 8.18. The number of pyridine rings is 1. The Hall–Kier alpha value is -4.03. The van der Waals surface area contributed by atoms with Gasteiger partial charge in [0.1, 0.15) is 15.9 Å². The van der Waals surface area contributed by atoms with Crippen molar-refractivity contribution >= 4 is 22.7 Å². The highest BCUT2D eigenvalue weighted by molar-refractivity contribution is 7.99. The number of aromatic nitrogens is 1. The van der Waals surface area contributed by atoms with Crippen LogP contribution in [0.2, 0.25) is 0 Å². The van der Waals surface area contributed by atoms with Crippen molar-refractivity contribution in [1.82, 2.24) is 4.57 Å². The Morgan fingerprint density at radius 3 is 2.03 bits per heavy atom. The molecule has 0 fully saturated rings. The number of rotatable bonds is 4. The molecular formula is C26H17NO4S. The topological polar surface area (TPSA) is 72.4 Å². The van der Waals surface area contributed by atoms with Crippen LogP contribution in [0.1, 0.15) is 0 Å². The van der Waals surface area contributed by atoms with E-state index in [1.54, 1.807) is 6.07 Å². The largest absolute Gasteiger partial charge is 0.505 e. The lowest BCUT2D eigenvalue weighted by Crippen LogP contribution is -2.21. The number of para-hydroxylation sites is 1. The second-order valence-electron chi connectivity index (χ2n) is 7.09. The van der Waals surface area contributed by atoms with E-state index in [1.165, 1.54) is 4.57 Å². The highest BCUT2D eigenvalue weighted by Crippen LogP contribution is 2.36. The van der Waals surface area contributed by atoms with Gasteiger partial charge in [0.2, 0.25) is 0 Å². The Morgan fingerprint density at radius 2 is 1.38 bits per heavy atom. The first-order valence-corrected chi connectivity index (χ1v) is 10.7. The summed E-state index contributed by atoms with van der Waals surface area (Å²) >= 11 is 1.06. The first kappa shape index (κ1) is 19.9. The molecule has 0 amide bonds. The van der Waals surface area contributed by atoms with Gasteiger partial charge in [-0.05, 0) is 29.8 Å². The lowest BCUT2D eigenvalue weighted by molar-refractivity contribution is 0.446. The number of aromatic hydroxyl groups is 1. The van der Waals surface area contributed by atoms with Crippen molar-refractivity contribution in [3.8, 4) is 22.7 Å². The summed E-state index contributed by atoms with van der Waals surface area (Å²) in [4.78, 5) is 27.1. The smallest absolute Gasteiger partial charge is 0.354 e. The minimum absolute atomic E-state index is 0.0205. The van der Waals surface area contributed by atoms with Crippen LogP contribution < -0.4 is 11.2 Å². The van der Waals surface area contributed by atoms with Crippen LogP contribution in [0.5, 0.6) is 5.75 Å². The summed E-state index contributed by atoms with van der Waals surface area (Å²) in [5.41, 5.74) is 0.853. The van der Waals surface area contributed by atoms with Crippen molar-refractivity contribution in [3.05, 3.63) is 118 Å². The minimum atomic E-state index is -0.695. The van der Waals surface area contributed by atoms with Crippen LogP contribution >= 0.6 is 11.8 Å². The molecule has 6 heteroatoms. The number of hydrogen-bond donors (Lipinski definition) is 1. The number of hydrogen-bond acceptors (Lipinski definition) is 5. The van der Waals surface area contributed by atoms with Crippen molar-refractivity contribution in [1.29, 1.82) is 0 Å². The quantitative estimate of drug-likeness (QED) is 0.402. The van der Waals surface area contributed by atoms with Crippen LogP contribution in [0, 0.1) is 0 Å². The molecule has 32 heavy (non-hydrogen) atoms. The molecule has 2 heterocycles. The normalized spacial score (nSPS) is 11.0. The van der Waals surface area contributed by atoms with E-state index in [0.29, 0.717) is 11.4 Å². The first-order valence-electron chi connectivity index (χ1n) is 9.93. The van der Waals surface area contributed by atoms with Gasteiger partial charge in [0, 0.05) is 16.6 Å². The van der Waals surface area contributed by atoms with Gasteiger partial charge in [0.05, 0.1) is 5.69 Å². The van der Waals surface area contributed by atoms with Crippen LogP contribution in [0.4, 0.5) is 0 Å². The molecule has 0 aliphatic carbocycles. The maximum absolute atomic E-state index is 13.7. The molecule has 0 aliphatic heterocycles. The fraction of sp³-hybridized carbons (Fsp3) is 0. The molecular weight excluding hydrogens is 422 g/mol. The fourth-order valence-corrected chi connectivity index (χ4v) is 4.45. The van der Waals surface area contributed by atoms with Gasteiger partial charge >= 0.3 is 5.63 Å². The van der Waals surface area contributed by atoms with E-state index < -0.39 is 11.2 Å². The molecule has 0 aliphatic rings. The van der Waals surface area contributed by atoms with Gasteiger partial charge in [-0.1, -0.05) is 78.5 Å². The summed E-state index contributed by atoms with van der Waals surface area (Å²) < 4.78 is 7.05. The molecule has 0 bridgehead atoms. The summed E-state index contributed by atoms with van der Waals surface area (Å²) in [6, 6.07) is 29.3. The maximum atomic E-state index is 13.7. The number of fused-ring (bicyclic) bond motifs is 1. The van der Waals surface area contributed by atoms with E-state index in [1.807, 2.05) is 91.0 Å². The zero-order valence-corrected chi connectivity index (χ0v) is 17.6. The molecule has 156 valence electrons. The fourth-order valence-electron chi connectivity index (χ4n) is 3.59. The van der Waals surface area contributed by atoms with Crippen molar-refractivity contribution in [2.24, 2.45) is 0 Å². The highest BCUT2D eigenvalue weighted by Gasteiger charge is 2.22. The van der Waals surface area contributed by atoms with Crippen molar-refractivity contribution in [2.75, 3.05) is 0 Å². The van der Waals surface area contributed by atoms with E-state index in [-0.39, 0.29) is 21.6 Å². The van der Waals surface area contributed by atoms with Gasteiger partial charge < -0.3 is 9.52 Å². The molecule has 3 aromatic carbocycles. The van der Waals surface area contributed by atoms with Crippen molar-refractivity contribution in [3.63, 3.8) is 0 Å². The van der Waals surface area contributed by atoms with E-state index in [4.69, 9.17) is 4.42 Å². The van der Waals surface area contributed by atoms with Crippen LogP contribution in [0.25, 0.3) is 27.9 Å². The van der Waals surface area contributed by atoms with Crippen LogP contribution in [0.3, 0.4) is 0 Å². The molecule has 1 N–H and O–H groups in total. The summed E-state index contributed by atoms with van der Waals surface area (Å²) in [6.07, 6.45) is 0. The molecule has 2 aromatic heterocycles. The van der Waals surface area contributed by atoms with Crippen LogP contribution in [-0.2, 0) is 0 Å². The van der Waals surface area contributed by atoms with E-state index in [0.717, 1.165) is 22.2 Å². The third kappa shape index (κ3) is 3.50. The zero-order valence-electron chi connectivity index (χ0n) is 16.8. The Morgan fingerprint density at radius 1 is 0.781 bits per heavy atom. The van der Waals surface area contributed by atoms with Gasteiger partial charge in [-0.2, -0.15) is 0 Å². The average molecular weight is 439 g/mol. The van der Waals surface area contributed by atoms with Crippen molar-refractivity contribution < 1.29 is 9.52 Å². The molecule has 0 saturated heterocycles. The lowest BCUT2D eigenvalue weighted by Gasteiger charge is -2.15. The van der Waals surface area contributed by atoms with Gasteiger partial charge in [0.15, 0.2) is 5.75 Å². The van der Waals surface area contributed by atoms with Crippen LogP contribution in [-0.4, -0.2) is 9.67 Å². The molecule has 5 aromatic rings. The van der Waals surface area contributed by atoms with Gasteiger partial charge in [0.25, 0.3) is 5.56 Å². The number of nitrogens with zero attached hydrogens (tertiary/aromatic N) is 1. The molecule has 0 saturated carbocycles. The standard InChI is InChI=1S/C26H17NO4S/c28-23-22-21(31-26(30)24(23)32-19-14-8-3-9-15-19)16-20(17-10-4-1-5-11-17)27(25(22)29)18-12-6-2-7-13-18/h1-16,28H. The van der Waals surface area contributed by atoms with Gasteiger partial charge in [-0.15, -0.1) is 0 Å². The summed E-state index contributed by atoms with van der Waals surface area (Å²) in [7, 11) is 0. The summed E-state index contributed by atoms with van der Waals surface area (Å²) in [6.45, 7) is 0. The first-order chi connectivity index (χ1) is 15.6.